The van der Waals surface area contributed by atoms with Crippen LogP contribution in [0.5, 0.6) is 0 Å². The number of anilines is 1. The first kappa shape index (κ1) is 8.10. The number of rotatable bonds is 2. The van der Waals surface area contributed by atoms with Crippen LogP contribution in [-0.4, -0.2) is 21.8 Å². The summed E-state index contributed by atoms with van der Waals surface area (Å²) < 4.78 is 0. The quantitative estimate of drug-likeness (QED) is 0.290. The molecule has 60 valence electrons. The number of Topliss-reactive ketones (excluding diaryl/α,β-unsaturated/α-hetero) is 1. The molecule has 1 aromatic rings. The maximum atomic E-state index is 11.0. The molecule has 0 atom stereocenters. The first-order valence-electron chi connectivity index (χ1n) is 3.18. The lowest BCUT2D eigenvalue weighted by Crippen LogP contribution is -2.06. The van der Waals surface area contributed by atoms with E-state index in [0.717, 1.165) is 6.21 Å². The Kier molecular flexibility index (Phi) is 2.30. The average molecular weight is 162 g/mol. The number of ketones is 1. The predicted molar refractivity (Wildman–Crippen MR) is 42.7 cm³/mol. The highest BCUT2D eigenvalue weighted by molar-refractivity contribution is 6.34. The van der Waals surface area contributed by atoms with Gasteiger partial charge in [0.05, 0.1) is 5.56 Å². The summed E-state index contributed by atoms with van der Waals surface area (Å²) in [6.07, 6.45) is 2.25. The number of carbonyl (C=O) groups excluding carboxylic acids is 1. The number of nitrogen functional groups attached to an aromatic ring is 1. The Morgan fingerprint density at radius 1 is 1.75 bits per heavy atom. The molecule has 12 heavy (non-hydrogen) atoms. The fourth-order valence-corrected chi connectivity index (χ4v) is 0.748. The number of aromatic nitrogens is 1. The van der Waals surface area contributed by atoms with E-state index in [1.807, 2.05) is 0 Å². The van der Waals surface area contributed by atoms with E-state index in [2.05, 4.69) is 9.77 Å². The fourth-order valence-electron chi connectivity index (χ4n) is 0.748. The summed E-state index contributed by atoms with van der Waals surface area (Å²) in [4.78, 5) is 17.3. The minimum Gasteiger partial charge on any atom is -0.383 e. The van der Waals surface area contributed by atoms with Gasteiger partial charge in [-0.25, -0.2) is 4.98 Å². The van der Waals surface area contributed by atoms with Gasteiger partial charge in [-0.1, -0.05) is 0 Å². The Bertz CT molecular complexity index is 354. The molecule has 0 bridgehead atoms. The van der Waals surface area contributed by atoms with Crippen LogP contribution in [-0.2, 0) is 0 Å². The van der Waals surface area contributed by atoms with Gasteiger partial charge in [-0.3, -0.25) is 4.79 Å². The van der Waals surface area contributed by atoms with Crippen molar-refractivity contribution in [1.82, 2.24) is 4.98 Å². The van der Waals surface area contributed by atoms with Gasteiger partial charge in [-0.15, -0.1) is 0 Å². The van der Waals surface area contributed by atoms with Crippen LogP contribution in [0, 0.1) is 0 Å². The molecule has 0 saturated carbocycles. The van der Waals surface area contributed by atoms with Crippen LogP contribution in [0.4, 0.5) is 5.82 Å². The maximum Gasteiger partial charge on any atom is 0.328 e. The molecule has 0 aliphatic rings. The van der Waals surface area contributed by atoms with Gasteiger partial charge in [-0.2, -0.15) is 4.79 Å². The Hall–Kier alpha value is -2.00. The van der Waals surface area contributed by atoms with Crippen LogP contribution in [0.15, 0.2) is 18.3 Å². The standard InChI is InChI=1S/C7H6N4O/c8-7-5(2-1-3-10-7)6(12)4-11-9/h1-4H,(H2,8,10). The molecular formula is C7H6N4O. The van der Waals surface area contributed by atoms with E-state index in [1.165, 1.54) is 12.3 Å². The van der Waals surface area contributed by atoms with E-state index in [1.54, 1.807) is 6.07 Å². The normalized spacial score (nSPS) is 8.67. The molecule has 5 nitrogen and oxygen atoms in total. The topological polar surface area (TPSA) is 92.4 Å². The van der Waals surface area contributed by atoms with Crippen molar-refractivity contribution in [2.24, 2.45) is 0 Å². The van der Waals surface area contributed by atoms with Crippen LogP contribution in [0.2, 0.25) is 0 Å². The van der Waals surface area contributed by atoms with Crippen molar-refractivity contribution in [2.45, 2.75) is 0 Å². The first-order valence-corrected chi connectivity index (χ1v) is 3.18. The van der Waals surface area contributed by atoms with E-state index in [9.17, 15) is 4.79 Å². The summed E-state index contributed by atoms with van der Waals surface area (Å²) in [6.45, 7) is 0. The van der Waals surface area contributed by atoms with Crippen molar-refractivity contribution >= 4 is 17.8 Å². The average Bonchev–Trinajstić information content (AvgIpc) is 2.05. The van der Waals surface area contributed by atoms with Gasteiger partial charge in [-0.05, 0) is 12.1 Å². The lowest BCUT2D eigenvalue weighted by Gasteiger charge is -1.94. The highest BCUT2D eigenvalue weighted by Gasteiger charge is 2.10. The molecule has 2 N–H and O–H groups in total. The molecular weight excluding hydrogens is 156 g/mol. The summed E-state index contributed by atoms with van der Waals surface area (Å²) in [5, 5.41) is 0. The minimum absolute atomic E-state index is 0.127. The molecule has 0 spiro atoms. The summed E-state index contributed by atoms with van der Waals surface area (Å²) >= 11 is 0. The zero-order chi connectivity index (χ0) is 8.97. The lowest BCUT2D eigenvalue weighted by atomic mass is 10.2. The summed E-state index contributed by atoms with van der Waals surface area (Å²) in [6, 6.07) is 3.08. The van der Waals surface area contributed by atoms with Crippen LogP contribution in [0.1, 0.15) is 10.4 Å². The third-order valence-corrected chi connectivity index (χ3v) is 1.28. The second-order valence-corrected chi connectivity index (χ2v) is 2.05. The second-order valence-electron chi connectivity index (χ2n) is 2.05. The van der Waals surface area contributed by atoms with Crippen LogP contribution in [0.25, 0.3) is 5.53 Å². The smallest absolute Gasteiger partial charge is 0.328 e. The van der Waals surface area contributed by atoms with Gasteiger partial charge in [0, 0.05) is 6.20 Å². The molecule has 1 heterocycles. The number of nitrogens with two attached hydrogens (primary N) is 1. The zero-order valence-corrected chi connectivity index (χ0v) is 6.14. The number of nitrogens with zero attached hydrogens (tertiary/aromatic N) is 3. The SMILES string of the molecule is [N-]=[N+]=CC(=O)c1cccnc1N. The third-order valence-electron chi connectivity index (χ3n) is 1.28. The molecule has 0 aromatic carbocycles. The summed E-state index contributed by atoms with van der Waals surface area (Å²) in [7, 11) is 0. The summed E-state index contributed by atoms with van der Waals surface area (Å²) in [5.74, 6) is -0.342. The molecule has 0 fully saturated rings. The Morgan fingerprint density at radius 3 is 3.08 bits per heavy atom. The van der Waals surface area contributed by atoms with Gasteiger partial charge in [0.25, 0.3) is 5.78 Å². The molecule has 0 amide bonds. The number of hydrogen-bond acceptors (Lipinski definition) is 3. The molecule has 1 aromatic heterocycles. The number of pyridine rings is 1. The van der Waals surface area contributed by atoms with E-state index in [-0.39, 0.29) is 11.4 Å². The van der Waals surface area contributed by atoms with Crippen molar-refractivity contribution in [3.8, 4) is 0 Å². The van der Waals surface area contributed by atoms with Gasteiger partial charge in [0.15, 0.2) is 0 Å². The number of hydrogen-bond donors (Lipinski definition) is 1. The third kappa shape index (κ3) is 1.53. The van der Waals surface area contributed by atoms with Gasteiger partial charge in [0.2, 0.25) is 0 Å². The zero-order valence-electron chi connectivity index (χ0n) is 6.14. The monoisotopic (exact) mass is 162 g/mol. The Morgan fingerprint density at radius 2 is 2.50 bits per heavy atom. The van der Waals surface area contributed by atoms with E-state index >= 15 is 0 Å². The Labute approximate surface area is 68.5 Å². The van der Waals surface area contributed by atoms with Crippen LogP contribution in [0.3, 0.4) is 0 Å². The van der Waals surface area contributed by atoms with Crippen molar-refractivity contribution in [1.29, 1.82) is 0 Å². The Balaban J connectivity index is 3.11. The molecule has 1 rings (SSSR count). The molecule has 0 radical (unpaired) electrons. The minimum atomic E-state index is -0.469. The first-order chi connectivity index (χ1) is 5.75. The van der Waals surface area contributed by atoms with Gasteiger partial charge < -0.3 is 11.3 Å². The van der Waals surface area contributed by atoms with Gasteiger partial charge in [0.1, 0.15) is 5.82 Å². The van der Waals surface area contributed by atoms with Crippen LogP contribution < -0.4 is 5.73 Å². The fraction of sp³-hybridized carbons (Fsp3) is 0. The lowest BCUT2D eigenvalue weighted by molar-refractivity contribution is 0.00235. The molecule has 0 aliphatic heterocycles. The van der Waals surface area contributed by atoms with E-state index < -0.39 is 5.78 Å². The van der Waals surface area contributed by atoms with Crippen molar-refractivity contribution in [3.63, 3.8) is 0 Å². The van der Waals surface area contributed by atoms with E-state index in [4.69, 9.17) is 11.3 Å². The highest BCUT2D eigenvalue weighted by atomic mass is 16.1. The van der Waals surface area contributed by atoms with Gasteiger partial charge >= 0.3 is 6.21 Å². The molecule has 0 aliphatic carbocycles. The highest BCUT2D eigenvalue weighted by Crippen LogP contribution is 2.05. The van der Waals surface area contributed by atoms with E-state index in [0.29, 0.717) is 0 Å². The largest absolute Gasteiger partial charge is 0.383 e. The molecule has 0 saturated heterocycles. The maximum absolute atomic E-state index is 11.0. The summed E-state index contributed by atoms with van der Waals surface area (Å²) in [5.41, 5.74) is 13.7. The van der Waals surface area contributed by atoms with Crippen LogP contribution >= 0.6 is 0 Å². The molecule has 5 heteroatoms. The predicted octanol–water partition coefficient (Wildman–Crippen LogP) is 0.147. The van der Waals surface area contributed by atoms with Crippen molar-refractivity contribution in [2.75, 3.05) is 5.73 Å². The second kappa shape index (κ2) is 3.41. The molecule has 0 unspecified atom stereocenters. The van der Waals surface area contributed by atoms with Crippen molar-refractivity contribution in [3.05, 3.63) is 29.4 Å². The number of carbonyl (C=O) groups is 1. The van der Waals surface area contributed by atoms with Crippen molar-refractivity contribution < 1.29 is 9.58 Å².